The molecule has 4 aromatic rings. The second kappa shape index (κ2) is 7.07. The summed E-state index contributed by atoms with van der Waals surface area (Å²) in [7, 11) is 0. The molecule has 0 aliphatic carbocycles. The van der Waals surface area contributed by atoms with Gasteiger partial charge in [0.15, 0.2) is 0 Å². The normalized spacial score (nSPS) is 11.0. The summed E-state index contributed by atoms with van der Waals surface area (Å²) in [6, 6.07) is 13.1. The number of aromatic nitrogens is 2. The number of alkyl halides is 1. The van der Waals surface area contributed by atoms with Crippen LogP contribution in [0, 0.1) is 6.92 Å². The summed E-state index contributed by atoms with van der Waals surface area (Å²) in [5, 5.41) is 4.34. The van der Waals surface area contributed by atoms with Crippen molar-refractivity contribution in [3.05, 3.63) is 66.0 Å². The van der Waals surface area contributed by atoms with Crippen molar-refractivity contribution in [3.63, 3.8) is 0 Å². The molecule has 27 heavy (non-hydrogen) atoms. The predicted octanol–water partition coefficient (Wildman–Crippen LogP) is 4.52. The maximum Gasteiger partial charge on any atom is 0.251 e. The third-order valence-electron chi connectivity index (χ3n) is 4.42. The zero-order valence-electron chi connectivity index (χ0n) is 14.8. The van der Waals surface area contributed by atoms with Crippen LogP contribution in [0.2, 0.25) is 0 Å². The lowest BCUT2D eigenvalue weighted by atomic mass is 10.0. The van der Waals surface area contributed by atoms with Gasteiger partial charge in [-0.2, -0.15) is 0 Å². The monoisotopic (exact) mass is 363 g/mol. The van der Waals surface area contributed by atoms with E-state index in [1.807, 2.05) is 43.5 Å². The molecule has 2 aromatic heterocycles. The highest BCUT2D eigenvalue weighted by molar-refractivity contribution is 6.00. The van der Waals surface area contributed by atoms with Crippen LogP contribution >= 0.6 is 0 Å². The summed E-state index contributed by atoms with van der Waals surface area (Å²) in [6.45, 7) is 1.22. The van der Waals surface area contributed by atoms with E-state index in [2.05, 4.69) is 15.3 Å². The number of benzene rings is 2. The van der Waals surface area contributed by atoms with Crippen LogP contribution in [-0.4, -0.2) is 29.1 Å². The molecule has 0 aliphatic heterocycles. The van der Waals surface area contributed by atoms with Gasteiger partial charge in [-0.25, -0.2) is 4.39 Å². The van der Waals surface area contributed by atoms with Gasteiger partial charge in [0.25, 0.3) is 5.91 Å². The molecule has 0 fully saturated rings. The smallest absolute Gasteiger partial charge is 0.251 e. The van der Waals surface area contributed by atoms with Crippen molar-refractivity contribution < 1.29 is 13.9 Å². The van der Waals surface area contributed by atoms with E-state index in [4.69, 9.17) is 4.74 Å². The number of aryl methyl sites for hydroxylation is 1. The van der Waals surface area contributed by atoms with E-state index in [9.17, 15) is 9.18 Å². The van der Waals surface area contributed by atoms with Crippen molar-refractivity contribution in [2.45, 2.75) is 6.92 Å². The van der Waals surface area contributed by atoms with Crippen LogP contribution in [0.25, 0.3) is 21.8 Å². The standard InChI is InChI=1S/C21H18FN3O2/c1-13-10-19-17(12-16(13)21(26)25-9-6-22)20(5-8-24-19)27-15-2-3-18-14(11-15)4-7-23-18/h2-5,7-8,10-12,23H,6,9H2,1H3,(H,25,26). The Morgan fingerprint density at radius 1 is 1.22 bits per heavy atom. The fraction of sp³-hybridized carbons (Fsp3) is 0.143. The summed E-state index contributed by atoms with van der Waals surface area (Å²) >= 11 is 0. The van der Waals surface area contributed by atoms with Crippen molar-refractivity contribution in [3.8, 4) is 11.5 Å². The Bertz CT molecular complexity index is 1140. The van der Waals surface area contributed by atoms with Crippen LogP contribution in [-0.2, 0) is 0 Å². The Labute approximate surface area is 155 Å². The minimum atomic E-state index is -0.601. The van der Waals surface area contributed by atoms with Gasteiger partial charge in [0, 0.05) is 40.8 Å². The zero-order valence-corrected chi connectivity index (χ0v) is 14.8. The highest BCUT2D eigenvalue weighted by atomic mass is 19.1. The lowest BCUT2D eigenvalue weighted by molar-refractivity contribution is 0.0950. The minimum Gasteiger partial charge on any atom is -0.457 e. The van der Waals surface area contributed by atoms with Gasteiger partial charge in [-0.15, -0.1) is 0 Å². The van der Waals surface area contributed by atoms with Crippen molar-refractivity contribution in [1.29, 1.82) is 0 Å². The minimum absolute atomic E-state index is 0.0105. The van der Waals surface area contributed by atoms with Gasteiger partial charge < -0.3 is 15.0 Å². The summed E-state index contributed by atoms with van der Waals surface area (Å²) in [5.41, 5.74) is 3.02. The average Bonchev–Trinajstić information content (AvgIpc) is 3.13. The van der Waals surface area contributed by atoms with Crippen LogP contribution in [0.5, 0.6) is 11.5 Å². The molecule has 0 aliphatic rings. The molecule has 0 bridgehead atoms. The van der Waals surface area contributed by atoms with E-state index in [-0.39, 0.29) is 12.5 Å². The number of H-pyrrole nitrogens is 1. The molecule has 2 aromatic carbocycles. The molecule has 4 rings (SSSR count). The molecule has 0 spiro atoms. The maximum atomic E-state index is 12.4. The van der Waals surface area contributed by atoms with Crippen LogP contribution < -0.4 is 10.1 Å². The first-order valence-corrected chi connectivity index (χ1v) is 8.64. The molecule has 0 saturated carbocycles. The maximum absolute atomic E-state index is 12.4. The number of carbonyl (C=O) groups excluding carboxylic acids is 1. The second-order valence-electron chi connectivity index (χ2n) is 6.27. The van der Waals surface area contributed by atoms with Crippen LogP contribution in [0.15, 0.2) is 54.9 Å². The lowest BCUT2D eigenvalue weighted by Crippen LogP contribution is -2.26. The van der Waals surface area contributed by atoms with Crippen molar-refractivity contribution in [1.82, 2.24) is 15.3 Å². The Morgan fingerprint density at radius 2 is 2.11 bits per heavy atom. The molecule has 6 heteroatoms. The first-order valence-electron chi connectivity index (χ1n) is 8.64. The number of fused-ring (bicyclic) bond motifs is 2. The molecule has 0 atom stereocenters. The number of hydrogen-bond donors (Lipinski definition) is 2. The molecule has 1 amide bonds. The van der Waals surface area contributed by atoms with Gasteiger partial charge in [0.1, 0.15) is 18.2 Å². The van der Waals surface area contributed by atoms with Gasteiger partial charge in [-0.3, -0.25) is 9.78 Å². The van der Waals surface area contributed by atoms with E-state index in [1.54, 1.807) is 18.3 Å². The van der Waals surface area contributed by atoms with Crippen LogP contribution in [0.1, 0.15) is 15.9 Å². The van der Waals surface area contributed by atoms with Gasteiger partial charge in [-0.05, 0) is 55.0 Å². The van der Waals surface area contributed by atoms with Crippen molar-refractivity contribution >= 4 is 27.7 Å². The predicted molar refractivity (Wildman–Crippen MR) is 103 cm³/mol. The van der Waals surface area contributed by atoms with E-state index in [1.165, 1.54) is 0 Å². The number of nitrogens with zero attached hydrogens (tertiary/aromatic N) is 1. The highest BCUT2D eigenvalue weighted by Gasteiger charge is 2.13. The molecule has 0 unspecified atom stereocenters. The lowest BCUT2D eigenvalue weighted by Gasteiger charge is -2.12. The number of rotatable bonds is 5. The molecular formula is C21H18FN3O2. The molecule has 0 saturated heterocycles. The zero-order chi connectivity index (χ0) is 18.8. The molecule has 136 valence electrons. The number of amides is 1. The third kappa shape index (κ3) is 3.33. The second-order valence-corrected chi connectivity index (χ2v) is 6.27. The van der Waals surface area contributed by atoms with Gasteiger partial charge in [-0.1, -0.05) is 0 Å². The third-order valence-corrected chi connectivity index (χ3v) is 4.42. The average molecular weight is 363 g/mol. The number of carbonyl (C=O) groups is 1. The largest absolute Gasteiger partial charge is 0.457 e. The first kappa shape index (κ1) is 17.0. The summed E-state index contributed by atoms with van der Waals surface area (Å²) in [6.07, 6.45) is 3.55. The van der Waals surface area contributed by atoms with Crippen molar-refractivity contribution in [2.75, 3.05) is 13.2 Å². The van der Waals surface area contributed by atoms with Gasteiger partial charge in [0.05, 0.1) is 5.52 Å². The SMILES string of the molecule is Cc1cc2nccc(Oc3ccc4[nH]ccc4c3)c2cc1C(=O)NCCF. The molecule has 5 nitrogen and oxygen atoms in total. The number of pyridine rings is 1. The summed E-state index contributed by atoms with van der Waals surface area (Å²) in [5.74, 6) is 0.989. The summed E-state index contributed by atoms with van der Waals surface area (Å²) < 4.78 is 18.4. The fourth-order valence-corrected chi connectivity index (χ4v) is 3.08. The van der Waals surface area contributed by atoms with E-state index < -0.39 is 6.67 Å². The molecule has 2 N–H and O–H groups in total. The molecule has 2 heterocycles. The number of hydrogen-bond acceptors (Lipinski definition) is 3. The fourth-order valence-electron chi connectivity index (χ4n) is 3.08. The van der Waals surface area contributed by atoms with Gasteiger partial charge in [0.2, 0.25) is 0 Å². The number of halogens is 1. The molecule has 0 radical (unpaired) electrons. The van der Waals surface area contributed by atoms with E-state index in [0.29, 0.717) is 17.1 Å². The number of aromatic amines is 1. The summed E-state index contributed by atoms with van der Waals surface area (Å²) in [4.78, 5) is 19.8. The molecular weight excluding hydrogens is 345 g/mol. The van der Waals surface area contributed by atoms with Crippen LogP contribution in [0.4, 0.5) is 4.39 Å². The highest BCUT2D eigenvalue weighted by Crippen LogP contribution is 2.32. The quantitative estimate of drug-likeness (QED) is 0.548. The first-order chi connectivity index (χ1) is 13.2. The van der Waals surface area contributed by atoms with E-state index >= 15 is 0 Å². The Balaban J connectivity index is 1.74. The van der Waals surface area contributed by atoms with Crippen molar-refractivity contribution in [2.24, 2.45) is 0 Å². The Kier molecular flexibility index (Phi) is 4.46. The van der Waals surface area contributed by atoms with Crippen LogP contribution in [0.3, 0.4) is 0 Å². The Hall–Kier alpha value is -3.41. The Morgan fingerprint density at radius 3 is 2.96 bits per heavy atom. The number of nitrogens with one attached hydrogen (secondary N) is 2. The topological polar surface area (TPSA) is 67.0 Å². The van der Waals surface area contributed by atoms with E-state index in [0.717, 1.165) is 27.4 Å². The van der Waals surface area contributed by atoms with Gasteiger partial charge >= 0.3 is 0 Å². The number of ether oxygens (including phenoxy) is 1.